The van der Waals surface area contributed by atoms with Crippen molar-refractivity contribution in [1.29, 1.82) is 0 Å². The number of hydrogen-bond acceptors (Lipinski definition) is 4. The summed E-state index contributed by atoms with van der Waals surface area (Å²) in [6.45, 7) is 0.480. The number of aromatic amines is 1. The predicted molar refractivity (Wildman–Crippen MR) is 61.4 cm³/mol. The van der Waals surface area contributed by atoms with Crippen molar-refractivity contribution in [2.45, 2.75) is 17.7 Å². The first-order chi connectivity index (χ1) is 7.17. The number of sulfonamides is 1. The highest BCUT2D eigenvalue weighted by atomic mass is 32.2. The van der Waals surface area contributed by atoms with Crippen LogP contribution in [0.1, 0.15) is 12.8 Å². The van der Waals surface area contributed by atoms with Gasteiger partial charge in [0.2, 0.25) is 10.0 Å². The van der Waals surface area contributed by atoms with Crippen LogP contribution in [0, 0.1) is 0 Å². The summed E-state index contributed by atoms with van der Waals surface area (Å²) in [5.74, 6) is 1.06. The maximum atomic E-state index is 11.5. The Bertz CT molecular complexity index is 361. The predicted octanol–water partition coefficient (Wildman–Crippen LogP) is 0.831. The Morgan fingerprint density at radius 1 is 1.53 bits per heavy atom. The van der Waals surface area contributed by atoms with E-state index in [-0.39, 0.29) is 4.90 Å². The molecule has 7 heteroatoms. The fourth-order valence-electron chi connectivity index (χ4n) is 1.05. The number of aromatic nitrogens is 2. The molecule has 0 aliphatic rings. The van der Waals surface area contributed by atoms with Crippen LogP contribution in [0.4, 0.5) is 0 Å². The molecular weight excluding hydrogens is 234 g/mol. The fraction of sp³-hybridized carbons (Fsp3) is 0.625. The molecule has 0 spiro atoms. The topological polar surface area (TPSA) is 74.8 Å². The smallest absolute Gasteiger partial charge is 0.243 e. The summed E-state index contributed by atoms with van der Waals surface area (Å²) in [5, 5.41) is 6.07. The number of H-pyrrole nitrogens is 1. The van der Waals surface area contributed by atoms with Crippen LogP contribution in [0.3, 0.4) is 0 Å². The Morgan fingerprint density at radius 2 is 2.33 bits per heavy atom. The highest BCUT2D eigenvalue weighted by Crippen LogP contribution is 2.04. The SMILES string of the molecule is CSCCCCNS(=O)(=O)c1cn[nH]c1. The van der Waals surface area contributed by atoms with Crippen molar-refractivity contribution < 1.29 is 8.42 Å². The molecule has 0 saturated carbocycles. The maximum absolute atomic E-state index is 11.5. The molecule has 1 aromatic rings. The van der Waals surface area contributed by atoms with Crippen LogP contribution in [0.2, 0.25) is 0 Å². The van der Waals surface area contributed by atoms with Crippen LogP contribution in [0.25, 0.3) is 0 Å². The quantitative estimate of drug-likeness (QED) is 0.702. The zero-order valence-corrected chi connectivity index (χ0v) is 10.2. The molecule has 0 radical (unpaired) electrons. The van der Waals surface area contributed by atoms with E-state index in [1.54, 1.807) is 11.8 Å². The van der Waals surface area contributed by atoms with Crippen LogP contribution in [0.15, 0.2) is 17.3 Å². The molecule has 0 aliphatic heterocycles. The van der Waals surface area contributed by atoms with Crippen molar-refractivity contribution in [3.63, 3.8) is 0 Å². The van der Waals surface area contributed by atoms with E-state index in [2.05, 4.69) is 14.9 Å². The number of hydrogen-bond donors (Lipinski definition) is 2. The fourth-order valence-corrected chi connectivity index (χ4v) is 2.52. The minimum absolute atomic E-state index is 0.187. The highest BCUT2D eigenvalue weighted by Gasteiger charge is 2.13. The number of nitrogens with zero attached hydrogens (tertiary/aromatic N) is 1. The van der Waals surface area contributed by atoms with Gasteiger partial charge in [0.25, 0.3) is 0 Å². The van der Waals surface area contributed by atoms with E-state index in [4.69, 9.17) is 0 Å². The zero-order valence-electron chi connectivity index (χ0n) is 8.56. The molecule has 2 N–H and O–H groups in total. The minimum Gasteiger partial charge on any atom is -0.284 e. The van der Waals surface area contributed by atoms with E-state index in [1.165, 1.54) is 12.4 Å². The van der Waals surface area contributed by atoms with E-state index in [9.17, 15) is 8.42 Å². The third kappa shape index (κ3) is 4.23. The average molecular weight is 249 g/mol. The Kier molecular flexibility index (Phi) is 5.13. The Morgan fingerprint density at radius 3 is 2.93 bits per heavy atom. The largest absolute Gasteiger partial charge is 0.284 e. The molecule has 1 aromatic heterocycles. The molecule has 86 valence electrons. The Balaban J connectivity index is 2.32. The normalized spacial score (nSPS) is 11.8. The van der Waals surface area contributed by atoms with Crippen molar-refractivity contribution in [3.05, 3.63) is 12.4 Å². The van der Waals surface area contributed by atoms with Crippen molar-refractivity contribution in [2.24, 2.45) is 0 Å². The van der Waals surface area contributed by atoms with Crippen LogP contribution < -0.4 is 4.72 Å². The third-order valence-electron chi connectivity index (χ3n) is 1.85. The second-order valence-electron chi connectivity index (χ2n) is 3.03. The van der Waals surface area contributed by atoms with Gasteiger partial charge in [-0.15, -0.1) is 0 Å². The average Bonchev–Trinajstić information content (AvgIpc) is 2.70. The van der Waals surface area contributed by atoms with E-state index < -0.39 is 10.0 Å². The molecule has 0 amide bonds. The van der Waals surface area contributed by atoms with Gasteiger partial charge in [0.05, 0.1) is 6.20 Å². The molecule has 0 bridgehead atoms. The van der Waals surface area contributed by atoms with Crippen molar-refractivity contribution in [1.82, 2.24) is 14.9 Å². The molecule has 0 fully saturated rings. The summed E-state index contributed by atoms with van der Waals surface area (Å²) < 4.78 is 25.6. The van der Waals surface area contributed by atoms with Gasteiger partial charge in [-0.1, -0.05) is 0 Å². The lowest BCUT2D eigenvalue weighted by Crippen LogP contribution is -2.24. The van der Waals surface area contributed by atoms with Gasteiger partial charge in [0.15, 0.2) is 0 Å². The lowest BCUT2D eigenvalue weighted by atomic mass is 10.3. The molecular formula is C8H15N3O2S2. The molecule has 0 saturated heterocycles. The molecule has 5 nitrogen and oxygen atoms in total. The number of unbranched alkanes of at least 4 members (excludes halogenated alkanes) is 1. The summed E-state index contributed by atoms with van der Waals surface area (Å²) in [6, 6.07) is 0. The maximum Gasteiger partial charge on any atom is 0.243 e. The van der Waals surface area contributed by atoms with Gasteiger partial charge in [-0.3, -0.25) is 5.10 Å². The van der Waals surface area contributed by atoms with Gasteiger partial charge in [0, 0.05) is 12.7 Å². The molecule has 0 aromatic carbocycles. The first-order valence-electron chi connectivity index (χ1n) is 4.64. The van der Waals surface area contributed by atoms with Gasteiger partial charge >= 0.3 is 0 Å². The molecule has 0 atom stereocenters. The summed E-state index contributed by atoms with van der Waals surface area (Å²) in [5.41, 5.74) is 0. The summed E-state index contributed by atoms with van der Waals surface area (Å²) >= 11 is 1.77. The minimum atomic E-state index is -3.35. The monoisotopic (exact) mass is 249 g/mol. The van der Waals surface area contributed by atoms with E-state index in [0.717, 1.165) is 18.6 Å². The van der Waals surface area contributed by atoms with E-state index >= 15 is 0 Å². The molecule has 15 heavy (non-hydrogen) atoms. The lowest BCUT2D eigenvalue weighted by molar-refractivity contribution is 0.578. The molecule has 0 unspecified atom stereocenters. The second-order valence-corrected chi connectivity index (χ2v) is 5.78. The van der Waals surface area contributed by atoms with Crippen molar-refractivity contribution in [2.75, 3.05) is 18.6 Å². The number of thioether (sulfide) groups is 1. The first kappa shape index (κ1) is 12.5. The first-order valence-corrected chi connectivity index (χ1v) is 7.52. The molecule has 0 aliphatic carbocycles. The van der Waals surface area contributed by atoms with E-state index in [0.29, 0.717) is 6.54 Å². The van der Waals surface area contributed by atoms with Gasteiger partial charge in [-0.2, -0.15) is 16.9 Å². The Hall–Kier alpha value is -0.530. The van der Waals surface area contributed by atoms with Crippen LogP contribution in [0.5, 0.6) is 0 Å². The standard InChI is InChI=1S/C8H15N3O2S2/c1-14-5-3-2-4-11-15(12,13)8-6-9-10-7-8/h6-7,11H,2-5H2,1H3,(H,9,10). The summed E-state index contributed by atoms with van der Waals surface area (Å²) in [4.78, 5) is 0.187. The summed E-state index contributed by atoms with van der Waals surface area (Å²) in [6.07, 6.45) is 6.58. The van der Waals surface area contributed by atoms with Gasteiger partial charge in [-0.25, -0.2) is 13.1 Å². The highest BCUT2D eigenvalue weighted by molar-refractivity contribution is 7.98. The molecule has 1 heterocycles. The van der Waals surface area contributed by atoms with Crippen LogP contribution in [-0.4, -0.2) is 37.2 Å². The zero-order chi connectivity index (χ0) is 11.1. The van der Waals surface area contributed by atoms with Gasteiger partial charge in [0.1, 0.15) is 4.90 Å². The summed E-state index contributed by atoms with van der Waals surface area (Å²) in [7, 11) is -3.35. The lowest BCUT2D eigenvalue weighted by Gasteiger charge is -2.03. The van der Waals surface area contributed by atoms with Crippen LogP contribution in [-0.2, 0) is 10.0 Å². The number of rotatable bonds is 7. The van der Waals surface area contributed by atoms with Gasteiger partial charge in [-0.05, 0) is 24.9 Å². The second kappa shape index (κ2) is 6.14. The van der Waals surface area contributed by atoms with Gasteiger partial charge < -0.3 is 0 Å². The van der Waals surface area contributed by atoms with Crippen molar-refractivity contribution in [3.8, 4) is 0 Å². The number of nitrogens with one attached hydrogen (secondary N) is 2. The Labute approximate surface area is 94.1 Å². The third-order valence-corrected chi connectivity index (χ3v) is 3.98. The van der Waals surface area contributed by atoms with Crippen molar-refractivity contribution >= 4 is 21.8 Å². The molecule has 1 rings (SSSR count). The van der Waals surface area contributed by atoms with E-state index in [1.807, 2.05) is 6.26 Å². The van der Waals surface area contributed by atoms with Crippen LogP contribution >= 0.6 is 11.8 Å².